The number of nitrogens with one attached hydrogen (secondary N) is 2. The van der Waals surface area contributed by atoms with Crippen LogP contribution in [0.5, 0.6) is 0 Å². The Kier molecular flexibility index (Phi) is 6.68. The van der Waals surface area contributed by atoms with Crippen LogP contribution in [0.25, 0.3) is 17.0 Å². The molecule has 1 saturated carbocycles. The van der Waals surface area contributed by atoms with Crippen molar-refractivity contribution < 1.29 is 14.3 Å². The van der Waals surface area contributed by atoms with E-state index in [2.05, 4.69) is 10.6 Å². The zero-order valence-electron chi connectivity index (χ0n) is 17.6. The molecule has 2 amide bonds. The molecule has 0 unspecified atom stereocenters. The molecule has 2 aromatic rings. The summed E-state index contributed by atoms with van der Waals surface area (Å²) < 4.78 is 7.41. The van der Waals surface area contributed by atoms with E-state index in [1.807, 2.05) is 41.1 Å². The minimum absolute atomic E-state index is 0.0811. The van der Waals surface area contributed by atoms with Crippen molar-refractivity contribution in [3.63, 3.8) is 0 Å². The van der Waals surface area contributed by atoms with Gasteiger partial charge < -0.3 is 19.9 Å². The summed E-state index contributed by atoms with van der Waals surface area (Å²) in [7, 11) is 0. The SMILES string of the molecule is N#C/C(=C\c1cn(CC(=O)NC[C@@H]2CCCO2)c2ccccc12)C(=O)NC1CCCC1. The van der Waals surface area contributed by atoms with Crippen molar-refractivity contribution in [2.45, 2.75) is 57.2 Å². The lowest BCUT2D eigenvalue weighted by Gasteiger charge is -2.11. The average Bonchev–Trinajstić information content (AvgIpc) is 3.53. The number of para-hydroxylation sites is 1. The van der Waals surface area contributed by atoms with Gasteiger partial charge in [0.05, 0.1) is 6.10 Å². The zero-order valence-corrected chi connectivity index (χ0v) is 17.6. The molecular weight excluding hydrogens is 392 g/mol. The minimum Gasteiger partial charge on any atom is -0.376 e. The molecule has 0 radical (unpaired) electrons. The van der Waals surface area contributed by atoms with E-state index in [9.17, 15) is 14.9 Å². The molecule has 2 heterocycles. The van der Waals surface area contributed by atoms with Crippen LogP contribution in [0.3, 0.4) is 0 Å². The van der Waals surface area contributed by atoms with Crippen LogP contribution in [-0.4, -0.2) is 41.7 Å². The smallest absolute Gasteiger partial charge is 0.262 e. The van der Waals surface area contributed by atoms with Crippen molar-refractivity contribution in [3.8, 4) is 6.07 Å². The number of carbonyl (C=O) groups excluding carboxylic acids is 2. The van der Waals surface area contributed by atoms with Crippen LogP contribution in [0, 0.1) is 11.3 Å². The van der Waals surface area contributed by atoms with E-state index in [1.165, 1.54) is 0 Å². The van der Waals surface area contributed by atoms with Gasteiger partial charge in [-0.1, -0.05) is 31.0 Å². The number of hydrogen-bond acceptors (Lipinski definition) is 4. The van der Waals surface area contributed by atoms with E-state index in [0.717, 1.165) is 61.6 Å². The molecule has 7 nitrogen and oxygen atoms in total. The maximum absolute atomic E-state index is 12.6. The maximum atomic E-state index is 12.6. The Bertz CT molecular complexity index is 1020. The molecule has 1 aliphatic carbocycles. The third-order valence-electron chi connectivity index (χ3n) is 6.04. The summed E-state index contributed by atoms with van der Waals surface area (Å²) in [4.78, 5) is 25.1. The fraction of sp³-hybridized carbons (Fsp3) is 0.458. The number of hydrogen-bond donors (Lipinski definition) is 2. The van der Waals surface area contributed by atoms with Crippen LogP contribution >= 0.6 is 0 Å². The zero-order chi connectivity index (χ0) is 21.6. The molecule has 7 heteroatoms. The Balaban J connectivity index is 1.51. The number of aromatic nitrogens is 1. The highest BCUT2D eigenvalue weighted by Gasteiger charge is 2.20. The van der Waals surface area contributed by atoms with Crippen LogP contribution < -0.4 is 10.6 Å². The Morgan fingerprint density at radius 1 is 1.19 bits per heavy atom. The van der Waals surface area contributed by atoms with Crippen molar-refractivity contribution in [1.82, 2.24) is 15.2 Å². The van der Waals surface area contributed by atoms with Crippen molar-refractivity contribution in [3.05, 3.63) is 41.6 Å². The molecule has 1 aliphatic heterocycles. The number of nitriles is 1. The molecule has 0 spiro atoms. The first kappa shape index (κ1) is 21.1. The molecule has 1 saturated heterocycles. The van der Waals surface area contributed by atoms with Gasteiger partial charge in [0.1, 0.15) is 18.2 Å². The van der Waals surface area contributed by atoms with Gasteiger partial charge in [0.15, 0.2) is 0 Å². The summed E-state index contributed by atoms with van der Waals surface area (Å²) in [5.74, 6) is -0.424. The van der Waals surface area contributed by atoms with E-state index in [4.69, 9.17) is 4.74 Å². The average molecular weight is 421 g/mol. The number of rotatable bonds is 7. The van der Waals surface area contributed by atoms with Gasteiger partial charge in [-0.05, 0) is 37.8 Å². The molecule has 2 aliphatic rings. The van der Waals surface area contributed by atoms with Crippen molar-refractivity contribution >= 4 is 28.8 Å². The summed E-state index contributed by atoms with van der Waals surface area (Å²) in [6.07, 6.45) is 9.70. The van der Waals surface area contributed by atoms with Crippen molar-refractivity contribution in [2.75, 3.05) is 13.2 Å². The van der Waals surface area contributed by atoms with Gasteiger partial charge in [0.25, 0.3) is 5.91 Å². The Morgan fingerprint density at radius 2 is 2.00 bits per heavy atom. The molecule has 162 valence electrons. The van der Waals surface area contributed by atoms with Crippen LogP contribution in [0.2, 0.25) is 0 Å². The fourth-order valence-corrected chi connectivity index (χ4v) is 4.40. The summed E-state index contributed by atoms with van der Waals surface area (Å²) in [5.41, 5.74) is 1.72. The van der Waals surface area contributed by atoms with Gasteiger partial charge in [-0.3, -0.25) is 9.59 Å². The summed E-state index contributed by atoms with van der Waals surface area (Å²) >= 11 is 0. The third kappa shape index (κ3) is 5.15. The lowest BCUT2D eigenvalue weighted by Crippen LogP contribution is -2.34. The molecule has 31 heavy (non-hydrogen) atoms. The van der Waals surface area contributed by atoms with E-state index in [-0.39, 0.29) is 36.1 Å². The topological polar surface area (TPSA) is 96.2 Å². The molecule has 1 aromatic carbocycles. The molecule has 1 atom stereocenters. The maximum Gasteiger partial charge on any atom is 0.262 e. The van der Waals surface area contributed by atoms with Crippen LogP contribution in [0.4, 0.5) is 0 Å². The number of carbonyl (C=O) groups is 2. The van der Waals surface area contributed by atoms with Gasteiger partial charge in [-0.15, -0.1) is 0 Å². The Morgan fingerprint density at radius 3 is 2.74 bits per heavy atom. The predicted molar refractivity (Wildman–Crippen MR) is 118 cm³/mol. The highest BCUT2D eigenvalue weighted by molar-refractivity contribution is 6.04. The largest absolute Gasteiger partial charge is 0.376 e. The van der Waals surface area contributed by atoms with Gasteiger partial charge in [0, 0.05) is 41.9 Å². The first-order chi connectivity index (χ1) is 15.1. The standard InChI is InChI=1S/C24H28N4O3/c25-13-17(24(30)27-19-6-1-2-7-19)12-18-15-28(22-10-4-3-9-21(18)22)16-23(29)26-14-20-8-5-11-31-20/h3-4,9-10,12,15,19-20H,1-2,5-8,11,14,16H2,(H,26,29)(H,27,30)/b17-12+/t20-/m0/s1. The minimum atomic E-state index is -0.333. The molecule has 0 bridgehead atoms. The van der Waals surface area contributed by atoms with Gasteiger partial charge in [-0.25, -0.2) is 0 Å². The molecule has 2 N–H and O–H groups in total. The number of benzene rings is 1. The lowest BCUT2D eigenvalue weighted by atomic mass is 10.1. The van der Waals surface area contributed by atoms with Crippen LogP contribution in [0.1, 0.15) is 44.1 Å². The molecule has 4 rings (SSSR count). The third-order valence-corrected chi connectivity index (χ3v) is 6.04. The molecule has 2 fully saturated rings. The lowest BCUT2D eigenvalue weighted by molar-refractivity contribution is -0.122. The van der Waals surface area contributed by atoms with E-state index in [1.54, 1.807) is 6.08 Å². The Labute approximate surface area is 182 Å². The summed E-state index contributed by atoms with van der Waals surface area (Å²) in [6.45, 7) is 1.44. The summed E-state index contributed by atoms with van der Waals surface area (Å²) in [6, 6.07) is 9.88. The number of nitrogens with zero attached hydrogens (tertiary/aromatic N) is 2. The number of fused-ring (bicyclic) bond motifs is 1. The van der Waals surface area contributed by atoms with Crippen LogP contribution in [0.15, 0.2) is 36.0 Å². The first-order valence-electron chi connectivity index (χ1n) is 11.0. The van der Waals surface area contributed by atoms with E-state index < -0.39 is 0 Å². The predicted octanol–water partition coefficient (Wildman–Crippen LogP) is 2.90. The van der Waals surface area contributed by atoms with Crippen molar-refractivity contribution in [2.24, 2.45) is 0 Å². The van der Waals surface area contributed by atoms with Crippen LogP contribution in [-0.2, 0) is 20.9 Å². The van der Waals surface area contributed by atoms with Gasteiger partial charge in [-0.2, -0.15) is 5.26 Å². The second-order valence-electron chi connectivity index (χ2n) is 8.29. The van der Waals surface area contributed by atoms with E-state index in [0.29, 0.717) is 6.54 Å². The second kappa shape index (κ2) is 9.80. The molecule has 1 aromatic heterocycles. The fourth-order valence-electron chi connectivity index (χ4n) is 4.40. The first-order valence-corrected chi connectivity index (χ1v) is 11.0. The van der Waals surface area contributed by atoms with Gasteiger partial charge >= 0.3 is 0 Å². The normalized spacial score (nSPS) is 19.5. The quantitative estimate of drug-likeness (QED) is 0.532. The van der Waals surface area contributed by atoms with Gasteiger partial charge in [0.2, 0.25) is 5.91 Å². The highest BCUT2D eigenvalue weighted by atomic mass is 16.5. The number of amides is 2. The monoisotopic (exact) mass is 420 g/mol. The Hall–Kier alpha value is -3.11. The second-order valence-corrected chi connectivity index (χ2v) is 8.29. The molecular formula is C24H28N4O3. The summed E-state index contributed by atoms with van der Waals surface area (Å²) in [5, 5.41) is 16.4. The van der Waals surface area contributed by atoms with Crippen molar-refractivity contribution in [1.29, 1.82) is 5.26 Å². The van der Waals surface area contributed by atoms with E-state index >= 15 is 0 Å². The highest BCUT2D eigenvalue weighted by Crippen LogP contribution is 2.24. The number of ether oxygens (including phenoxy) is 1.